The first-order chi connectivity index (χ1) is 9.33. The van der Waals surface area contributed by atoms with Crippen LogP contribution in [-0.2, 0) is 0 Å². The van der Waals surface area contributed by atoms with E-state index in [0.717, 1.165) is 22.0 Å². The monoisotopic (exact) mass is 266 g/mol. The fourth-order valence-electron chi connectivity index (χ4n) is 1.95. The van der Waals surface area contributed by atoms with Crippen molar-refractivity contribution in [3.63, 3.8) is 0 Å². The maximum absolute atomic E-state index is 4.70. The number of aliphatic imine (C=N–C) groups is 2. The third-order valence-corrected chi connectivity index (χ3v) is 3.84. The topological polar surface area (TPSA) is 24.7 Å². The molecule has 1 atom stereocenters. The van der Waals surface area contributed by atoms with Crippen LogP contribution in [0.1, 0.15) is 18.1 Å². The summed E-state index contributed by atoms with van der Waals surface area (Å²) in [6.45, 7) is 2.10. The van der Waals surface area contributed by atoms with Crippen molar-refractivity contribution in [3.8, 4) is 0 Å². The van der Waals surface area contributed by atoms with E-state index in [1.165, 1.54) is 0 Å². The summed E-state index contributed by atoms with van der Waals surface area (Å²) >= 11 is 1.70. The number of amidine groups is 1. The molecule has 0 amide bonds. The Balaban J connectivity index is 2.00. The SMILES string of the molecule is CC1N=C(c2ccccc2)N=C(c2ccccc2)S1. The Hall–Kier alpha value is -1.87. The molecule has 1 heterocycles. The molecule has 0 spiro atoms. The van der Waals surface area contributed by atoms with Crippen LogP contribution in [0.4, 0.5) is 0 Å². The van der Waals surface area contributed by atoms with Crippen LogP contribution in [0.3, 0.4) is 0 Å². The van der Waals surface area contributed by atoms with Crippen molar-refractivity contribution >= 4 is 22.6 Å². The van der Waals surface area contributed by atoms with Gasteiger partial charge < -0.3 is 0 Å². The second kappa shape index (κ2) is 5.41. The van der Waals surface area contributed by atoms with Crippen molar-refractivity contribution in [2.75, 3.05) is 0 Å². The van der Waals surface area contributed by atoms with E-state index >= 15 is 0 Å². The lowest BCUT2D eigenvalue weighted by Crippen LogP contribution is -2.14. The van der Waals surface area contributed by atoms with Gasteiger partial charge in [0.05, 0.1) is 0 Å². The maximum Gasteiger partial charge on any atom is 0.156 e. The number of nitrogens with zero attached hydrogens (tertiary/aromatic N) is 2. The molecule has 1 aliphatic heterocycles. The second-order valence-electron chi connectivity index (χ2n) is 4.32. The average molecular weight is 266 g/mol. The summed E-state index contributed by atoms with van der Waals surface area (Å²) in [7, 11) is 0. The van der Waals surface area contributed by atoms with Gasteiger partial charge in [-0.3, -0.25) is 4.99 Å². The average Bonchev–Trinajstić information content (AvgIpc) is 2.48. The highest BCUT2D eigenvalue weighted by atomic mass is 32.2. The molecule has 0 bridgehead atoms. The summed E-state index contributed by atoms with van der Waals surface area (Å²) < 4.78 is 0. The molecule has 1 aliphatic rings. The molecular formula is C16H14N2S. The minimum atomic E-state index is 0.197. The molecule has 0 saturated carbocycles. The predicted molar refractivity (Wildman–Crippen MR) is 83.0 cm³/mol. The Kier molecular flexibility index (Phi) is 3.47. The second-order valence-corrected chi connectivity index (χ2v) is 5.62. The Morgan fingerprint density at radius 2 is 1.42 bits per heavy atom. The standard InChI is InChI=1S/C16H14N2S/c1-12-17-15(13-8-4-2-5-9-13)18-16(19-12)14-10-6-3-7-11-14/h2-12H,1H3. The van der Waals surface area contributed by atoms with Crippen LogP contribution in [0.15, 0.2) is 70.6 Å². The molecule has 0 saturated heterocycles. The fourth-order valence-corrected chi connectivity index (χ4v) is 2.84. The molecule has 19 heavy (non-hydrogen) atoms. The van der Waals surface area contributed by atoms with Gasteiger partial charge in [0.2, 0.25) is 0 Å². The summed E-state index contributed by atoms with van der Waals surface area (Å²) in [5.74, 6) is 0.825. The zero-order chi connectivity index (χ0) is 13.1. The highest BCUT2D eigenvalue weighted by molar-refractivity contribution is 8.15. The zero-order valence-electron chi connectivity index (χ0n) is 10.7. The van der Waals surface area contributed by atoms with E-state index < -0.39 is 0 Å². The molecule has 2 nitrogen and oxygen atoms in total. The largest absolute Gasteiger partial charge is 0.252 e. The lowest BCUT2D eigenvalue weighted by Gasteiger charge is -2.17. The Morgan fingerprint density at radius 1 is 0.842 bits per heavy atom. The molecule has 2 aromatic carbocycles. The van der Waals surface area contributed by atoms with Crippen LogP contribution >= 0.6 is 11.8 Å². The van der Waals surface area contributed by atoms with Crippen LogP contribution in [0, 0.1) is 0 Å². The van der Waals surface area contributed by atoms with Gasteiger partial charge in [0, 0.05) is 11.1 Å². The number of benzene rings is 2. The van der Waals surface area contributed by atoms with Crippen LogP contribution in [0.25, 0.3) is 0 Å². The molecule has 2 aromatic rings. The molecule has 0 N–H and O–H groups in total. The van der Waals surface area contributed by atoms with Gasteiger partial charge in [-0.25, -0.2) is 4.99 Å². The zero-order valence-corrected chi connectivity index (χ0v) is 11.5. The number of hydrogen-bond acceptors (Lipinski definition) is 3. The van der Waals surface area contributed by atoms with Gasteiger partial charge in [0.15, 0.2) is 5.84 Å². The van der Waals surface area contributed by atoms with Crippen molar-refractivity contribution in [1.29, 1.82) is 0 Å². The number of rotatable bonds is 2. The van der Waals surface area contributed by atoms with Crippen molar-refractivity contribution in [2.24, 2.45) is 9.98 Å². The third kappa shape index (κ3) is 2.76. The first kappa shape index (κ1) is 12.2. The van der Waals surface area contributed by atoms with Gasteiger partial charge in [-0.2, -0.15) is 0 Å². The first-order valence-electron chi connectivity index (χ1n) is 6.27. The lowest BCUT2D eigenvalue weighted by atomic mass is 10.2. The number of hydrogen-bond donors (Lipinski definition) is 0. The molecule has 0 radical (unpaired) electrons. The van der Waals surface area contributed by atoms with E-state index in [9.17, 15) is 0 Å². The van der Waals surface area contributed by atoms with Crippen LogP contribution in [0.5, 0.6) is 0 Å². The summed E-state index contributed by atoms with van der Waals surface area (Å²) in [4.78, 5) is 9.32. The van der Waals surface area contributed by atoms with E-state index in [2.05, 4.69) is 24.0 Å². The van der Waals surface area contributed by atoms with Gasteiger partial charge in [0.25, 0.3) is 0 Å². The Morgan fingerprint density at radius 3 is 2.05 bits per heavy atom. The molecule has 3 heteroatoms. The van der Waals surface area contributed by atoms with Crippen LogP contribution < -0.4 is 0 Å². The van der Waals surface area contributed by atoms with E-state index in [-0.39, 0.29) is 5.37 Å². The minimum absolute atomic E-state index is 0.197. The van der Waals surface area contributed by atoms with E-state index in [1.54, 1.807) is 11.8 Å². The molecule has 1 unspecified atom stereocenters. The van der Waals surface area contributed by atoms with Crippen molar-refractivity contribution in [3.05, 3.63) is 71.8 Å². The molecule has 0 fully saturated rings. The summed E-state index contributed by atoms with van der Waals surface area (Å²) in [6, 6.07) is 20.4. The van der Waals surface area contributed by atoms with Crippen molar-refractivity contribution < 1.29 is 0 Å². The van der Waals surface area contributed by atoms with Gasteiger partial charge in [0.1, 0.15) is 10.4 Å². The predicted octanol–water partition coefficient (Wildman–Crippen LogP) is 3.97. The third-order valence-electron chi connectivity index (χ3n) is 2.85. The smallest absolute Gasteiger partial charge is 0.156 e. The maximum atomic E-state index is 4.70. The van der Waals surface area contributed by atoms with Gasteiger partial charge in [-0.15, -0.1) is 0 Å². The normalized spacial score (nSPS) is 18.7. The van der Waals surface area contributed by atoms with Gasteiger partial charge in [-0.05, 0) is 6.92 Å². The molecule has 0 aromatic heterocycles. The fraction of sp³-hybridized carbons (Fsp3) is 0.125. The van der Waals surface area contributed by atoms with Crippen LogP contribution in [0.2, 0.25) is 0 Å². The van der Waals surface area contributed by atoms with Gasteiger partial charge >= 0.3 is 0 Å². The van der Waals surface area contributed by atoms with E-state index in [0.29, 0.717) is 0 Å². The molecule has 94 valence electrons. The molecular weight excluding hydrogens is 252 g/mol. The van der Waals surface area contributed by atoms with Gasteiger partial charge in [-0.1, -0.05) is 72.4 Å². The van der Waals surface area contributed by atoms with Crippen molar-refractivity contribution in [2.45, 2.75) is 12.3 Å². The first-order valence-corrected chi connectivity index (χ1v) is 7.15. The Bertz CT molecular complexity index is 618. The molecule has 0 aliphatic carbocycles. The minimum Gasteiger partial charge on any atom is -0.252 e. The summed E-state index contributed by atoms with van der Waals surface area (Å²) in [5.41, 5.74) is 2.23. The summed E-state index contributed by atoms with van der Waals surface area (Å²) in [6.07, 6.45) is 0. The molecule has 3 rings (SSSR count). The quantitative estimate of drug-likeness (QED) is 0.807. The van der Waals surface area contributed by atoms with E-state index in [1.807, 2.05) is 48.5 Å². The Labute approximate surface area is 117 Å². The van der Waals surface area contributed by atoms with Crippen LogP contribution in [-0.4, -0.2) is 16.3 Å². The van der Waals surface area contributed by atoms with Crippen molar-refractivity contribution in [1.82, 2.24) is 0 Å². The lowest BCUT2D eigenvalue weighted by molar-refractivity contribution is 1.04. The van der Waals surface area contributed by atoms with E-state index in [4.69, 9.17) is 4.99 Å². The highest BCUT2D eigenvalue weighted by Crippen LogP contribution is 2.25. The number of thioether (sulfide) groups is 1. The highest BCUT2D eigenvalue weighted by Gasteiger charge is 2.17. The summed E-state index contributed by atoms with van der Waals surface area (Å²) in [5, 5.41) is 1.24.